The molecule has 0 atom stereocenters. The molecule has 8 heteroatoms. The Morgan fingerprint density at radius 1 is 1.32 bits per heavy atom. The number of ether oxygens (including phenoxy) is 1. The third-order valence-electron chi connectivity index (χ3n) is 3.59. The van der Waals surface area contributed by atoms with E-state index in [4.69, 9.17) is 22.1 Å². The van der Waals surface area contributed by atoms with E-state index in [0.29, 0.717) is 41.2 Å². The average Bonchev–Trinajstić information content (AvgIpc) is 2.97. The number of benzene rings is 1. The summed E-state index contributed by atoms with van der Waals surface area (Å²) in [6.07, 6.45) is 0.990. The highest BCUT2D eigenvalue weighted by Gasteiger charge is 2.36. The molecule has 3 N–H and O–H groups in total. The van der Waals surface area contributed by atoms with Crippen molar-refractivity contribution in [1.29, 1.82) is 0 Å². The molecule has 6 nitrogen and oxygen atoms in total. The SMILES string of the molecule is NC1(C(=O)Nc2nnc(-c3ccccc3Cl)s2)CCOCC1. The van der Waals surface area contributed by atoms with Crippen LogP contribution in [0, 0.1) is 0 Å². The summed E-state index contributed by atoms with van der Waals surface area (Å²) < 4.78 is 5.24. The number of carbonyl (C=O) groups is 1. The van der Waals surface area contributed by atoms with Crippen molar-refractivity contribution in [2.24, 2.45) is 5.73 Å². The first-order valence-electron chi connectivity index (χ1n) is 6.85. The standard InChI is InChI=1S/C14H15ClN4O2S/c15-10-4-2-1-3-9(10)11-18-19-13(22-11)17-12(20)14(16)5-7-21-8-6-14/h1-4H,5-8,16H2,(H,17,19,20). The van der Waals surface area contributed by atoms with Crippen molar-refractivity contribution in [2.75, 3.05) is 18.5 Å². The lowest BCUT2D eigenvalue weighted by atomic mass is 9.90. The zero-order valence-corrected chi connectivity index (χ0v) is 13.3. The van der Waals surface area contributed by atoms with E-state index in [-0.39, 0.29) is 5.91 Å². The molecule has 22 heavy (non-hydrogen) atoms. The molecule has 1 aromatic carbocycles. The Morgan fingerprint density at radius 3 is 2.77 bits per heavy atom. The van der Waals surface area contributed by atoms with E-state index in [1.165, 1.54) is 11.3 Å². The summed E-state index contributed by atoms with van der Waals surface area (Å²) in [5.41, 5.74) is 6.02. The number of carbonyl (C=O) groups excluding carboxylic acids is 1. The second kappa shape index (κ2) is 6.29. The molecule has 1 amide bonds. The van der Waals surface area contributed by atoms with Crippen LogP contribution in [0.5, 0.6) is 0 Å². The van der Waals surface area contributed by atoms with Gasteiger partial charge in [-0.1, -0.05) is 41.1 Å². The molecule has 116 valence electrons. The van der Waals surface area contributed by atoms with Crippen LogP contribution in [0.4, 0.5) is 5.13 Å². The van der Waals surface area contributed by atoms with Crippen molar-refractivity contribution < 1.29 is 9.53 Å². The maximum absolute atomic E-state index is 12.3. The van der Waals surface area contributed by atoms with Crippen LogP contribution in [0.3, 0.4) is 0 Å². The summed E-state index contributed by atoms with van der Waals surface area (Å²) >= 11 is 7.40. The number of halogens is 1. The van der Waals surface area contributed by atoms with Gasteiger partial charge in [-0.3, -0.25) is 10.1 Å². The molecule has 0 aliphatic carbocycles. The molecule has 2 aromatic rings. The van der Waals surface area contributed by atoms with E-state index in [2.05, 4.69) is 15.5 Å². The summed E-state index contributed by atoms with van der Waals surface area (Å²) in [6, 6.07) is 7.36. The maximum atomic E-state index is 12.3. The van der Waals surface area contributed by atoms with E-state index < -0.39 is 5.54 Å². The van der Waals surface area contributed by atoms with Gasteiger partial charge in [0.1, 0.15) is 5.54 Å². The highest BCUT2D eigenvalue weighted by Crippen LogP contribution is 2.32. The molecule has 2 heterocycles. The number of amides is 1. The van der Waals surface area contributed by atoms with Gasteiger partial charge in [-0.15, -0.1) is 10.2 Å². The monoisotopic (exact) mass is 338 g/mol. The normalized spacial score (nSPS) is 17.2. The molecule has 0 bridgehead atoms. The van der Waals surface area contributed by atoms with Crippen LogP contribution in [0.2, 0.25) is 5.02 Å². The second-order valence-corrected chi connectivity index (χ2v) is 6.50. The summed E-state index contributed by atoms with van der Waals surface area (Å²) in [5.74, 6) is -0.252. The highest BCUT2D eigenvalue weighted by molar-refractivity contribution is 7.18. The zero-order chi connectivity index (χ0) is 15.6. The van der Waals surface area contributed by atoms with Crippen molar-refractivity contribution >= 4 is 34.0 Å². The lowest BCUT2D eigenvalue weighted by molar-refractivity contribution is -0.124. The first-order valence-corrected chi connectivity index (χ1v) is 8.04. The summed E-state index contributed by atoms with van der Waals surface area (Å²) in [5, 5.41) is 12.5. The summed E-state index contributed by atoms with van der Waals surface area (Å²) in [6.45, 7) is 0.982. The van der Waals surface area contributed by atoms with E-state index in [1.807, 2.05) is 18.2 Å². The minimum Gasteiger partial charge on any atom is -0.381 e. The van der Waals surface area contributed by atoms with Gasteiger partial charge < -0.3 is 10.5 Å². The highest BCUT2D eigenvalue weighted by atomic mass is 35.5. The van der Waals surface area contributed by atoms with Gasteiger partial charge in [-0.2, -0.15) is 0 Å². The minimum atomic E-state index is -0.908. The van der Waals surface area contributed by atoms with Crippen molar-refractivity contribution in [2.45, 2.75) is 18.4 Å². The second-order valence-electron chi connectivity index (χ2n) is 5.11. The fourth-order valence-corrected chi connectivity index (χ4v) is 3.26. The van der Waals surface area contributed by atoms with Gasteiger partial charge in [0.25, 0.3) is 0 Å². The van der Waals surface area contributed by atoms with Crippen LogP contribution in [0.15, 0.2) is 24.3 Å². The summed E-state index contributed by atoms with van der Waals surface area (Å²) in [4.78, 5) is 12.3. The number of hydrogen-bond donors (Lipinski definition) is 2. The Morgan fingerprint density at radius 2 is 2.05 bits per heavy atom. The first-order chi connectivity index (χ1) is 10.6. The number of rotatable bonds is 3. The van der Waals surface area contributed by atoms with Gasteiger partial charge in [0.15, 0.2) is 5.01 Å². The van der Waals surface area contributed by atoms with E-state index in [9.17, 15) is 4.79 Å². The Bertz CT molecular complexity index is 685. The van der Waals surface area contributed by atoms with Crippen LogP contribution < -0.4 is 11.1 Å². The summed E-state index contributed by atoms with van der Waals surface area (Å²) in [7, 11) is 0. The quantitative estimate of drug-likeness (QED) is 0.896. The average molecular weight is 339 g/mol. The molecular weight excluding hydrogens is 324 g/mol. The third kappa shape index (κ3) is 3.12. The molecule has 1 aromatic heterocycles. The number of nitrogens with one attached hydrogen (secondary N) is 1. The molecular formula is C14H15ClN4O2S. The van der Waals surface area contributed by atoms with E-state index >= 15 is 0 Å². The Kier molecular flexibility index (Phi) is 4.39. The molecule has 0 unspecified atom stereocenters. The van der Waals surface area contributed by atoms with Crippen LogP contribution in [0.25, 0.3) is 10.6 Å². The number of aromatic nitrogens is 2. The van der Waals surface area contributed by atoms with Gasteiger partial charge >= 0.3 is 0 Å². The number of nitrogens with two attached hydrogens (primary N) is 1. The molecule has 1 saturated heterocycles. The van der Waals surface area contributed by atoms with Crippen molar-refractivity contribution in [3.05, 3.63) is 29.3 Å². The van der Waals surface area contributed by atoms with Gasteiger partial charge in [-0.25, -0.2) is 0 Å². The van der Waals surface area contributed by atoms with E-state index in [0.717, 1.165) is 5.56 Å². The van der Waals surface area contributed by atoms with Gasteiger partial charge in [0.05, 0.1) is 5.02 Å². The van der Waals surface area contributed by atoms with Crippen LogP contribution in [-0.4, -0.2) is 34.9 Å². The van der Waals surface area contributed by atoms with Crippen LogP contribution in [0.1, 0.15) is 12.8 Å². The zero-order valence-electron chi connectivity index (χ0n) is 11.7. The predicted molar refractivity (Wildman–Crippen MR) is 86.0 cm³/mol. The molecule has 3 rings (SSSR count). The van der Waals surface area contributed by atoms with E-state index in [1.54, 1.807) is 6.07 Å². The van der Waals surface area contributed by atoms with Crippen molar-refractivity contribution in [3.8, 4) is 10.6 Å². The molecule has 0 spiro atoms. The smallest absolute Gasteiger partial charge is 0.246 e. The number of hydrogen-bond acceptors (Lipinski definition) is 6. The fourth-order valence-electron chi connectivity index (χ4n) is 2.20. The molecule has 0 saturated carbocycles. The minimum absolute atomic E-state index is 0.252. The predicted octanol–water partition coefficient (Wildman–Crippen LogP) is 2.30. The number of anilines is 1. The topological polar surface area (TPSA) is 90.1 Å². The van der Waals surface area contributed by atoms with Gasteiger partial charge in [0.2, 0.25) is 11.0 Å². The number of nitrogens with zero attached hydrogens (tertiary/aromatic N) is 2. The van der Waals surface area contributed by atoms with Crippen LogP contribution in [-0.2, 0) is 9.53 Å². The first kappa shape index (κ1) is 15.4. The third-order valence-corrected chi connectivity index (χ3v) is 4.79. The molecule has 0 radical (unpaired) electrons. The van der Waals surface area contributed by atoms with Crippen molar-refractivity contribution in [1.82, 2.24) is 10.2 Å². The maximum Gasteiger partial charge on any atom is 0.246 e. The van der Waals surface area contributed by atoms with Crippen LogP contribution >= 0.6 is 22.9 Å². The Hall–Kier alpha value is -1.54. The van der Waals surface area contributed by atoms with Crippen molar-refractivity contribution in [3.63, 3.8) is 0 Å². The molecule has 1 aliphatic rings. The lowest BCUT2D eigenvalue weighted by Crippen LogP contribution is -2.54. The Balaban J connectivity index is 1.74. The van der Waals surface area contributed by atoms with Gasteiger partial charge in [0, 0.05) is 18.8 Å². The van der Waals surface area contributed by atoms with Gasteiger partial charge in [-0.05, 0) is 18.9 Å². The fraction of sp³-hybridized carbons (Fsp3) is 0.357. The lowest BCUT2D eigenvalue weighted by Gasteiger charge is -2.31. The Labute approximate surface area is 136 Å². The molecule has 1 aliphatic heterocycles. The largest absolute Gasteiger partial charge is 0.381 e. The molecule has 1 fully saturated rings.